The lowest BCUT2D eigenvalue weighted by Gasteiger charge is -2.32. The number of benzene rings is 3. The van der Waals surface area contributed by atoms with E-state index in [-0.39, 0.29) is 52.2 Å². The summed E-state index contributed by atoms with van der Waals surface area (Å²) in [5.74, 6) is -3.16. The monoisotopic (exact) mass is 882 g/mol. The van der Waals surface area contributed by atoms with Crippen molar-refractivity contribution < 1.29 is 38.2 Å². The third-order valence-corrected chi connectivity index (χ3v) is 10.7. The number of amides is 6. The molecule has 64 heavy (non-hydrogen) atoms. The molecule has 0 spiro atoms. The molecule has 1 aliphatic rings. The van der Waals surface area contributed by atoms with E-state index in [0.717, 1.165) is 35.3 Å². The van der Waals surface area contributed by atoms with Gasteiger partial charge in [0, 0.05) is 43.2 Å². The number of hydrogen-bond donors (Lipinski definition) is 8. The quantitative estimate of drug-likeness (QED) is 0.0784. The first-order valence-corrected chi connectivity index (χ1v) is 21.5. The number of carbonyl (C=O) groups is 6. The summed E-state index contributed by atoms with van der Waals surface area (Å²) in [5, 5.41) is 22.5. The highest BCUT2D eigenvalue weighted by Gasteiger charge is 2.36. The number of nitrogens with one attached hydrogen (secondary N) is 5. The number of carbonyl (C=O) groups excluding carboxylic acids is 6. The SMILES string of the molecule is CCCCc1ccc(C(=O)N[C@@H](CCN)C(=O)N[C@@H](C)C(=O)N(C)[C@@H]2C(=O)N[C@@H](C)C(=O)N[C@H](C(=O)NCC#N)Cc3ccc(OCCN)c(c3)-c3cc2ccc3OCCN)c(C)c1. The molecule has 4 bridgehead atoms. The predicted molar refractivity (Wildman–Crippen MR) is 241 cm³/mol. The molecule has 0 aliphatic carbocycles. The first-order valence-electron chi connectivity index (χ1n) is 21.5. The molecule has 5 atom stereocenters. The number of likely N-dealkylation sites (N-methyl/N-ethyl adjacent to an activating group) is 1. The summed E-state index contributed by atoms with van der Waals surface area (Å²) >= 11 is 0. The molecular formula is C46H62N10O8. The minimum Gasteiger partial charge on any atom is -0.492 e. The maximum Gasteiger partial charge on any atom is 0.252 e. The van der Waals surface area contributed by atoms with Crippen LogP contribution in [0.5, 0.6) is 11.5 Å². The Labute approximate surface area is 374 Å². The van der Waals surface area contributed by atoms with Crippen LogP contribution in [0.2, 0.25) is 0 Å². The molecule has 344 valence electrons. The Morgan fingerprint density at radius 2 is 1.58 bits per heavy atom. The molecule has 0 saturated carbocycles. The summed E-state index contributed by atoms with van der Waals surface area (Å²) in [6.07, 6.45) is 3.01. The highest BCUT2D eigenvalue weighted by Crippen LogP contribution is 2.40. The molecule has 3 aromatic rings. The van der Waals surface area contributed by atoms with E-state index in [0.29, 0.717) is 39.3 Å². The highest BCUT2D eigenvalue weighted by molar-refractivity contribution is 6.00. The number of nitrogens with zero attached hydrogens (tertiary/aromatic N) is 2. The zero-order chi connectivity index (χ0) is 46.9. The molecule has 6 amide bonds. The van der Waals surface area contributed by atoms with Crippen LogP contribution in [0.3, 0.4) is 0 Å². The van der Waals surface area contributed by atoms with Gasteiger partial charge in [0.05, 0.1) is 6.07 Å². The fourth-order valence-corrected chi connectivity index (χ4v) is 7.33. The van der Waals surface area contributed by atoms with E-state index < -0.39 is 65.7 Å². The second kappa shape index (κ2) is 24.3. The van der Waals surface area contributed by atoms with Crippen molar-refractivity contribution in [3.8, 4) is 28.7 Å². The van der Waals surface area contributed by atoms with Crippen LogP contribution in [0.15, 0.2) is 54.6 Å². The lowest BCUT2D eigenvalue weighted by molar-refractivity contribution is -0.142. The number of ether oxygens (including phenoxy) is 2. The van der Waals surface area contributed by atoms with Crippen molar-refractivity contribution in [1.29, 1.82) is 5.26 Å². The molecule has 0 aromatic heterocycles. The van der Waals surface area contributed by atoms with Gasteiger partial charge in [-0.2, -0.15) is 5.26 Å². The number of unbranched alkanes of at least 4 members (excludes halogenated alkanes) is 1. The zero-order valence-electron chi connectivity index (χ0n) is 37.3. The van der Waals surface area contributed by atoms with Gasteiger partial charge in [-0.25, -0.2) is 0 Å². The van der Waals surface area contributed by atoms with E-state index in [1.807, 2.05) is 25.1 Å². The Kier molecular flexibility index (Phi) is 19.1. The molecule has 0 saturated heterocycles. The van der Waals surface area contributed by atoms with E-state index in [4.69, 9.17) is 31.9 Å². The molecule has 1 heterocycles. The average Bonchev–Trinajstić information content (AvgIpc) is 3.27. The van der Waals surface area contributed by atoms with Crippen molar-refractivity contribution in [1.82, 2.24) is 31.5 Å². The molecule has 0 radical (unpaired) electrons. The number of fused-ring (bicyclic) bond motifs is 5. The van der Waals surface area contributed by atoms with Crippen molar-refractivity contribution in [3.05, 3.63) is 82.4 Å². The van der Waals surface area contributed by atoms with Crippen molar-refractivity contribution in [3.63, 3.8) is 0 Å². The molecule has 18 heteroatoms. The van der Waals surface area contributed by atoms with Gasteiger partial charge >= 0.3 is 0 Å². The van der Waals surface area contributed by atoms with Crippen LogP contribution in [0, 0.1) is 18.3 Å². The van der Waals surface area contributed by atoms with E-state index >= 15 is 0 Å². The first-order chi connectivity index (χ1) is 30.7. The summed E-state index contributed by atoms with van der Waals surface area (Å²) in [7, 11) is 1.39. The van der Waals surface area contributed by atoms with Crippen LogP contribution in [0.4, 0.5) is 0 Å². The van der Waals surface area contributed by atoms with Gasteiger partial charge in [0.2, 0.25) is 29.5 Å². The summed E-state index contributed by atoms with van der Waals surface area (Å²) in [5.41, 5.74) is 21.6. The third-order valence-electron chi connectivity index (χ3n) is 10.7. The summed E-state index contributed by atoms with van der Waals surface area (Å²) < 4.78 is 12.1. The van der Waals surface area contributed by atoms with Crippen molar-refractivity contribution in [2.75, 3.05) is 46.4 Å². The number of nitrogens with two attached hydrogens (primary N) is 3. The average molecular weight is 883 g/mol. The van der Waals surface area contributed by atoms with E-state index in [1.54, 1.807) is 42.5 Å². The van der Waals surface area contributed by atoms with Crippen LogP contribution < -0.4 is 53.3 Å². The van der Waals surface area contributed by atoms with Gasteiger partial charge in [-0.05, 0) is 99.2 Å². The number of aryl methyl sites for hydroxylation is 2. The second-order valence-corrected chi connectivity index (χ2v) is 15.7. The van der Waals surface area contributed by atoms with Crippen LogP contribution in [-0.4, -0.2) is 111 Å². The van der Waals surface area contributed by atoms with Crippen LogP contribution in [-0.2, 0) is 36.8 Å². The molecule has 3 aromatic carbocycles. The van der Waals surface area contributed by atoms with Crippen LogP contribution in [0.1, 0.15) is 78.7 Å². The fourth-order valence-electron chi connectivity index (χ4n) is 7.33. The minimum atomic E-state index is -1.40. The zero-order valence-corrected chi connectivity index (χ0v) is 37.3. The number of nitriles is 1. The smallest absolute Gasteiger partial charge is 0.252 e. The normalized spacial score (nSPS) is 17.0. The van der Waals surface area contributed by atoms with Gasteiger partial charge in [-0.3, -0.25) is 28.8 Å². The topological polar surface area (TPSA) is 286 Å². The maximum absolute atomic E-state index is 14.4. The van der Waals surface area contributed by atoms with Gasteiger partial charge < -0.3 is 58.2 Å². The summed E-state index contributed by atoms with van der Waals surface area (Å²) in [6.45, 7) is 7.22. The standard InChI is InChI=1S/C46H62N10O8/c1-6-7-8-30-9-12-33(27(2)23-30)42(58)54-36(15-16-47)44(60)53-29(4)46(62)56(5)40-32-11-14-39(64-22-19-50)35(26-32)34-24-31(10-13-38(34)63-21-18-49)25-37(43(59)51-20-17-48)55-41(57)28(3)52-45(40)61/h9-14,23-24,26,28-29,36-37,40H,6-8,15-16,18-22,25,47,49-50H2,1-5H3,(H,51,59)(H,52,61)(H,53,60)(H,54,58)(H,55,57)/t28-,29-,36-,37-,40-/m0/s1. The Morgan fingerprint density at radius 1 is 0.906 bits per heavy atom. The molecule has 18 nitrogen and oxygen atoms in total. The van der Waals surface area contributed by atoms with Gasteiger partial charge in [-0.15, -0.1) is 0 Å². The molecule has 0 fully saturated rings. The highest BCUT2D eigenvalue weighted by atomic mass is 16.5. The summed E-state index contributed by atoms with van der Waals surface area (Å²) in [4.78, 5) is 84.1. The van der Waals surface area contributed by atoms with Crippen molar-refractivity contribution in [2.45, 2.75) is 90.0 Å². The Morgan fingerprint density at radius 3 is 2.20 bits per heavy atom. The first kappa shape index (κ1) is 50.1. The molecule has 11 N–H and O–H groups in total. The molecular weight excluding hydrogens is 821 g/mol. The molecule has 0 unspecified atom stereocenters. The predicted octanol–water partition coefficient (Wildman–Crippen LogP) is 1.02. The molecule has 4 rings (SSSR count). The second-order valence-electron chi connectivity index (χ2n) is 15.7. The lowest BCUT2D eigenvalue weighted by Crippen LogP contribution is -2.56. The number of rotatable bonds is 19. The Bertz CT molecular complexity index is 2190. The third kappa shape index (κ3) is 13.2. The fraction of sp³-hybridized carbons (Fsp3) is 0.457. The minimum absolute atomic E-state index is 0.00231. The van der Waals surface area contributed by atoms with Crippen molar-refractivity contribution in [2.24, 2.45) is 17.2 Å². The maximum atomic E-state index is 14.4. The Balaban J connectivity index is 1.74. The lowest BCUT2D eigenvalue weighted by atomic mass is 9.93. The molecule has 1 aliphatic heterocycles. The van der Waals surface area contributed by atoms with E-state index in [1.165, 1.54) is 20.9 Å². The number of hydrogen-bond acceptors (Lipinski definition) is 12. The summed E-state index contributed by atoms with van der Waals surface area (Å²) in [6, 6.07) is 11.4. The Hall–Kier alpha value is -6.55. The van der Waals surface area contributed by atoms with Crippen molar-refractivity contribution >= 4 is 35.4 Å². The van der Waals surface area contributed by atoms with Gasteiger partial charge in [0.25, 0.3) is 5.91 Å². The largest absolute Gasteiger partial charge is 0.492 e. The van der Waals surface area contributed by atoms with E-state index in [2.05, 4.69) is 33.5 Å². The van der Waals surface area contributed by atoms with Gasteiger partial charge in [0.1, 0.15) is 61.5 Å². The van der Waals surface area contributed by atoms with Crippen LogP contribution >= 0.6 is 0 Å². The van der Waals surface area contributed by atoms with Crippen LogP contribution in [0.25, 0.3) is 11.1 Å². The van der Waals surface area contributed by atoms with E-state index in [9.17, 15) is 28.8 Å². The van der Waals surface area contributed by atoms with Gasteiger partial charge in [-0.1, -0.05) is 37.6 Å². The van der Waals surface area contributed by atoms with Gasteiger partial charge in [0.15, 0.2) is 0 Å².